The molecule has 0 amide bonds. The van der Waals surface area contributed by atoms with Crippen molar-refractivity contribution in [2.75, 3.05) is 5.32 Å². The van der Waals surface area contributed by atoms with Crippen LogP contribution in [-0.2, 0) is 0 Å². The zero-order valence-corrected chi connectivity index (χ0v) is 10.7. The summed E-state index contributed by atoms with van der Waals surface area (Å²) in [6.07, 6.45) is 0. The molecule has 0 aromatic heterocycles. The van der Waals surface area contributed by atoms with E-state index in [9.17, 15) is 14.9 Å². The lowest BCUT2D eigenvalue weighted by molar-refractivity contribution is -0.385. The quantitative estimate of drug-likeness (QED) is 0.657. The van der Waals surface area contributed by atoms with Gasteiger partial charge in [-0.1, -0.05) is 0 Å². The molecule has 0 spiro atoms. The van der Waals surface area contributed by atoms with E-state index in [0.717, 1.165) is 0 Å². The molecule has 0 saturated carbocycles. The van der Waals surface area contributed by atoms with Crippen molar-refractivity contribution in [2.24, 2.45) is 0 Å². The molecule has 2 N–H and O–H groups in total. The van der Waals surface area contributed by atoms with Gasteiger partial charge in [-0.3, -0.25) is 10.1 Å². The Morgan fingerprint density at radius 2 is 1.75 bits per heavy atom. The number of aromatic carboxylic acids is 1. The van der Waals surface area contributed by atoms with Gasteiger partial charge < -0.3 is 10.4 Å². The molecule has 2 aromatic carbocycles. The van der Waals surface area contributed by atoms with Gasteiger partial charge in [-0.05, 0) is 43.3 Å². The smallest absolute Gasteiger partial charge is 0.335 e. The summed E-state index contributed by atoms with van der Waals surface area (Å²) >= 11 is 0. The minimum Gasteiger partial charge on any atom is -0.478 e. The van der Waals surface area contributed by atoms with Gasteiger partial charge in [0.15, 0.2) is 0 Å². The Morgan fingerprint density at radius 1 is 1.15 bits per heavy atom. The Kier molecular flexibility index (Phi) is 3.65. The van der Waals surface area contributed by atoms with Crippen molar-refractivity contribution in [3.8, 4) is 0 Å². The van der Waals surface area contributed by atoms with Crippen LogP contribution in [0.4, 0.5) is 17.1 Å². The van der Waals surface area contributed by atoms with Crippen LogP contribution in [0.3, 0.4) is 0 Å². The predicted octanol–water partition coefficient (Wildman–Crippen LogP) is 3.35. The molecule has 2 aromatic rings. The average molecular weight is 272 g/mol. The van der Waals surface area contributed by atoms with Gasteiger partial charge in [-0.2, -0.15) is 0 Å². The minimum atomic E-state index is -0.984. The number of nitro benzene ring substituents is 1. The molecule has 0 aliphatic heterocycles. The second-order valence-electron chi connectivity index (χ2n) is 4.27. The van der Waals surface area contributed by atoms with Crippen molar-refractivity contribution in [3.63, 3.8) is 0 Å². The zero-order chi connectivity index (χ0) is 14.7. The van der Waals surface area contributed by atoms with Gasteiger partial charge in [-0.15, -0.1) is 0 Å². The maximum Gasteiger partial charge on any atom is 0.335 e. The molecule has 0 atom stereocenters. The van der Waals surface area contributed by atoms with Gasteiger partial charge in [0.05, 0.1) is 10.5 Å². The summed E-state index contributed by atoms with van der Waals surface area (Å²) in [5.74, 6) is -0.984. The van der Waals surface area contributed by atoms with Gasteiger partial charge in [0.25, 0.3) is 5.69 Å². The second kappa shape index (κ2) is 5.40. The first-order valence-electron chi connectivity index (χ1n) is 5.83. The highest BCUT2D eigenvalue weighted by molar-refractivity contribution is 5.88. The van der Waals surface area contributed by atoms with E-state index in [1.807, 2.05) is 0 Å². The first-order chi connectivity index (χ1) is 9.47. The lowest BCUT2D eigenvalue weighted by Gasteiger charge is -2.07. The van der Waals surface area contributed by atoms with Crippen LogP contribution >= 0.6 is 0 Å². The van der Waals surface area contributed by atoms with E-state index in [4.69, 9.17) is 5.11 Å². The van der Waals surface area contributed by atoms with Crippen molar-refractivity contribution < 1.29 is 14.8 Å². The number of carboxylic acids is 1. The summed E-state index contributed by atoms with van der Waals surface area (Å²) in [6, 6.07) is 11.0. The molecular formula is C14H12N2O4. The zero-order valence-electron chi connectivity index (χ0n) is 10.7. The van der Waals surface area contributed by atoms with E-state index in [-0.39, 0.29) is 11.3 Å². The van der Waals surface area contributed by atoms with Crippen LogP contribution in [0.25, 0.3) is 0 Å². The largest absolute Gasteiger partial charge is 0.478 e. The minimum absolute atomic E-state index is 0.0665. The molecule has 0 fully saturated rings. The summed E-state index contributed by atoms with van der Waals surface area (Å²) < 4.78 is 0. The summed E-state index contributed by atoms with van der Waals surface area (Å²) in [5, 5.41) is 22.6. The lowest BCUT2D eigenvalue weighted by atomic mass is 10.1. The summed E-state index contributed by atoms with van der Waals surface area (Å²) in [4.78, 5) is 21.0. The first kappa shape index (κ1) is 13.5. The van der Waals surface area contributed by atoms with E-state index < -0.39 is 10.9 Å². The molecule has 0 aliphatic carbocycles. The van der Waals surface area contributed by atoms with Crippen molar-refractivity contribution >= 4 is 23.0 Å². The fourth-order valence-corrected chi connectivity index (χ4v) is 1.80. The number of aryl methyl sites for hydroxylation is 1. The number of hydrogen-bond donors (Lipinski definition) is 2. The van der Waals surface area contributed by atoms with Crippen LogP contribution in [-0.4, -0.2) is 16.0 Å². The van der Waals surface area contributed by atoms with Gasteiger partial charge in [0.1, 0.15) is 0 Å². The highest BCUT2D eigenvalue weighted by Gasteiger charge is 2.10. The van der Waals surface area contributed by atoms with Crippen LogP contribution < -0.4 is 5.32 Å². The number of hydrogen-bond acceptors (Lipinski definition) is 4. The Labute approximate surface area is 114 Å². The third-order valence-electron chi connectivity index (χ3n) is 2.81. The Bertz CT molecular complexity index is 665. The van der Waals surface area contributed by atoms with Crippen molar-refractivity contribution in [2.45, 2.75) is 6.92 Å². The molecular weight excluding hydrogens is 260 g/mol. The van der Waals surface area contributed by atoms with Gasteiger partial charge in [-0.25, -0.2) is 4.79 Å². The van der Waals surface area contributed by atoms with Crippen LogP contribution in [0.5, 0.6) is 0 Å². The standard InChI is InChI=1S/C14H12N2O4/c1-9-8-12(6-7-13(9)16(19)20)15-11-4-2-10(3-5-11)14(17)18/h2-8,15H,1H3,(H,17,18). The van der Waals surface area contributed by atoms with E-state index in [1.54, 1.807) is 31.2 Å². The first-order valence-corrected chi connectivity index (χ1v) is 5.83. The normalized spacial score (nSPS) is 10.1. The van der Waals surface area contributed by atoms with E-state index in [1.165, 1.54) is 18.2 Å². The van der Waals surface area contributed by atoms with E-state index in [2.05, 4.69) is 5.32 Å². The Balaban J connectivity index is 2.19. The third kappa shape index (κ3) is 2.92. The summed E-state index contributed by atoms with van der Waals surface area (Å²) in [7, 11) is 0. The van der Waals surface area contributed by atoms with Gasteiger partial charge >= 0.3 is 5.97 Å². The molecule has 20 heavy (non-hydrogen) atoms. The topological polar surface area (TPSA) is 92.5 Å². The van der Waals surface area contributed by atoms with Crippen LogP contribution in [0.2, 0.25) is 0 Å². The molecule has 6 heteroatoms. The predicted molar refractivity (Wildman–Crippen MR) is 74.5 cm³/mol. The fourth-order valence-electron chi connectivity index (χ4n) is 1.80. The average Bonchev–Trinajstić information content (AvgIpc) is 2.39. The number of nitrogens with zero attached hydrogens (tertiary/aromatic N) is 1. The Hall–Kier alpha value is -2.89. The second-order valence-corrected chi connectivity index (χ2v) is 4.27. The van der Waals surface area contributed by atoms with Crippen molar-refractivity contribution in [1.82, 2.24) is 0 Å². The number of nitro groups is 1. The third-order valence-corrected chi connectivity index (χ3v) is 2.81. The molecule has 2 rings (SSSR count). The maximum absolute atomic E-state index is 10.7. The van der Waals surface area contributed by atoms with Gasteiger partial charge in [0, 0.05) is 23.0 Å². The number of nitrogens with one attached hydrogen (secondary N) is 1. The fraction of sp³-hybridized carbons (Fsp3) is 0.0714. The molecule has 0 radical (unpaired) electrons. The molecule has 0 bridgehead atoms. The number of anilines is 2. The van der Waals surface area contributed by atoms with Crippen LogP contribution in [0, 0.1) is 17.0 Å². The van der Waals surface area contributed by atoms with E-state index in [0.29, 0.717) is 16.9 Å². The van der Waals surface area contributed by atoms with Crippen LogP contribution in [0.1, 0.15) is 15.9 Å². The van der Waals surface area contributed by atoms with Crippen molar-refractivity contribution in [1.29, 1.82) is 0 Å². The molecule has 0 heterocycles. The number of rotatable bonds is 4. The molecule has 6 nitrogen and oxygen atoms in total. The summed E-state index contributed by atoms with van der Waals surface area (Å²) in [5.41, 5.74) is 2.24. The van der Waals surface area contributed by atoms with Crippen LogP contribution in [0.15, 0.2) is 42.5 Å². The van der Waals surface area contributed by atoms with E-state index >= 15 is 0 Å². The van der Waals surface area contributed by atoms with Gasteiger partial charge in [0.2, 0.25) is 0 Å². The highest BCUT2D eigenvalue weighted by Crippen LogP contribution is 2.24. The lowest BCUT2D eigenvalue weighted by Crippen LogP contribution is -1.97. The molecule has 102 valence electrons. The van der Waals surface area contributed by atoms with Crippen molar-refractivity contribution in [3.05, 3.63) is 63.7 Å². The molecule has 0 aliphatic rings. The molecule has 0 unspecified atom stereocenters. The maximum atomic E-state index is 10.7. The number of carbonyl (C=O) groups is 1. The number of benzene rings is 2. The summed E-state index contributed by atoms with van der Waals surface area (Å²) in [6.45, 7) is 1.66. The molecule has 0 saturated heterocycles. The Morgan fingerprint density at radius 3 is 2.25 bits per heavy atom. The SMILES string of the molecule is Cc1cc(Nc2ccc(C(=O)O)cc2)ccc1[N+](=O)[O-]. The number of carboxylic acid groups (broad SMARTS) is 1. The monoisotopic (exact) mass is 272 g/mol. The highest BCUT2D eigenvalue weighted by atomic mass is 16.6.